The predicted octanol–water partition coefficient (Wildman–Crippen LogP) is 12.6. The first kappa shape index (κ1) is 32.1. The topological polar surface area (TPSA) is 29.0 Å². The molecule has 0 amide bonds. The summed E-state index contributed by atoms with van der Waals surface area (Å²) in [6.07, 6.45) is 0. The molecule has 0 unspecified atom stereocenters. The third-order valence-electron chi connectivity index (χ3n) is 11.7. The highest BCUT2D eigenvalue weighted by atomic mass is 15.2. The van der Waals surface area contributed by atoms with Crippen LogP contribution in [0.5, 0.6) is 0 Å². The number of nitrogens with zero attached hydrogens (tertiary/aromatic N) is 3. The average Bonchev–Trinajstić information content (AvgIpc) is 3.18. The SMILES string of the molecule is CC1(C)c2ccccc2N(c2ccc3c(c2)C(C)(C)c2ccc(-c4cc(-c5ccccc5)nc(-c5ccccc5)n4)cc2C3(C)C)c2ccccc21. The molecule has 0 atom stereocenters. The summed E-state index contributed by atoms with van der Waals surface area (Å²) in [5, 5.41) is 0. The normalized spacial score (nSPS) is 15.9. The number of benzene rings is 6. The van der Waals surface area contributed by atoms with Gasteiger partial charge in [-0.2, -0.15) is 0 Å². The Kier molecular flexibility index (Phi) is 7.18. The monoisotopic (exact) mass is 673 g/mol. The van der Waals surface area contributed by atoms with Crippen LogP contribution in [0.25, 0.3) is 33.9 Å². The van der Waals surface area contributed by atoms with Crippen LogP contribution in [0.15, 0.2) is 152 Å². The van der Waals surface area contributed by atoms with Crippen LogP contribution in [0.1, 0.15) is 74.9 Å². The molecule has 1 aliphatic heterocycles. The van der Waals surface area contributed by atoms with E-state index in [1.165, 1.54) is 50.4 Å². The maximum absolute atomic E-state index is 5.17. The zero-order chi connectivity index (χ0) is 35.8. The highest BCUT2D eigenvalue weighted by molar-refractivity contribution is 5.86. The quantitative estimate of drug-likeness (QED) is 0.186. The van der Waals surface area contributed by atoms with Crippen LogP contribution in [0.2, 0.25) is 0 Å². The maximum atomic E-state index is 5.17. The Morgan fingerprint density at radius 1 is 0.365 bits per heavy atom. The van der Waals surface area contributed by atoms with E-state index in [-0.39, 0.29) is 16.2 Å². The fourth-order valence-corrected chi connectivity index (χ4v) is 8.80. The maximum Gasteiger partial charge on any atom is 0.160 e. The van der Waals surface area contributed by atoms with Crippen molar-refractivity contribution in [3.63, 3.8) is 0 Å². The average molecular weight is 674 g/mol. The third-order valence-corrected chi connectivity index (χ3v) is 11.7. The molecule has 0 saturated carbocycles. The second-order valence-corrected chi connectivity index (χ2v) is 15.9. The van der Waals surface area contributed by atoms with Gasteiger partial charge in [0, 0.05) is 38.6 Å². The fourth-order valence-electron chi connectivity index (χ4n) is 8.80. The van der Waals surface area contributed by atoms with Gasteiger partial charge in [0.2, 0.25) is 0 Å². The Balaban J connectivity index is 1.18. The molecule has 1 aromatic heterocycles. The molecule has 2 aliphatic rings. The minimum Gasteiger partial charge on any atom is -0.310 e. The van der Waals surface area contributed by atoms with Crippen molar-refractivity contribution in [2.45, 2.75) is 57.8 Å². The van der Waals surface area contributed by atoms with Gasteiger partial charge in [-0.15, -0.1) is 0 Å². The van der Waals surface area contributed by atoms with Gasteiger partial charge in [0.1, 0.15) is 0 Å². The van der Waals surface area contributed by atoms with Crippen LogP contribution in [-0.4, -0.2) is 9.97 Å². The highest BCUT2D eigenvalue weighted by Crippen LogP contribution is 2.55. The van der Waals surface area contributed by atoms with Gasteiger partial charge < -0.3 is 4.90 Å². The molecule has 0 bridgehead atoms. The first-order chi connectivity index (χ1) is 25.0. The molecule has 0 radical (unpaired) electrons. The van der Waals surface area contributed by atoms with Crippen molar-refractivity contribution in [3.05, 3.63) is 185 Å². The van der Waals surface area contributed by atoms with Gasteiger partial charge in [-0.3, -0.25) is 0 Å². The molecule has 6 aromatic carbocycles. The van der Waals surface area contributed by atoms with E-state index in [0.717, 1.165) is 33.9 Å². The molecule has 0 N–H and O–H groups in total. The molecular weight excluding hydrogens is 631 g/mol. The van der Waals surface area contributed by atoms with Crippen LogP contribution in [0, 0.1) is 0 Å². The molecule has 52 heavy (non-hydrogen) atoms. The van der Waals surface area contributed by atoms with Crippen LogP contribution in [0.4, 0.5) is 17.1 Å². The summed E-state index contributed by atoms with van der Waals surface area (Å²) in [5.41, 5.74) is 16.3. The first-order valence-corrected chi connectivity index (χ1v) is 18.3. The van der Waals surface area contributed by atoms with E-state index in [1.54, 1.807) is 0 Å². The van der Waals surface area contributed by atoms with Crippen LogP contribution in [-0.2, 0) is 16.2 Å². The van der Waals surface area contributed by atoms with E-state index in [4.69, 9.17) is 9.97 Å². The molecule has 2 heterocycles. The predicted molar refractivity (Wildman–Crippen MR) is 216 cm³/mol. The zero-order valence-electron chi connectivity index (χ0n) is 30.8. The molecular formula is C49H43N3. The van der Waals surface area contributed by atoms with Crippen molar-refractivity contribution in [1.29, 1.82) is 0 Å². The van der Waals surface area contributed by atoms with Gasteiger partial charge in [-0.25, -0.2) is 9.97 Å². The van der Waals surface area contributed by atoms with Crippen LogP contribution in [0.3, 0.4) is 0 Å². The lowest BCUT2D eigenvalue weighted by molar-refractivity contribution is 0.521. The third kappa shape index (κ3) is 4.87. The molecule has 0 spiro atoms. The molecule has 254 valence electrons. The Hall–Kier alpha value is -5.80. The smallest absolute Gasteiger partial charge is 0.160 e. The van der Waals surface area contributed by atoms with Gasteiger partial charge in [-0.05, 0) is 69.8 Å². The lowest BCUT2D eigenvalue weighted by Crippen LogP contribution is -2.37. The van der Waals surface area contributed by atoms with Gasteiger partial charge in [-0.1, -0.05) is 157 Å². The zero-order valence-corrected chi connectivity index (χ0v) is 30.8. The minimum atomic E-state index is -0.230. The second kappa shape index (κ2) is 11.6. The Morgan fingerprint density at radius 3 is 1.42 bits per heavy atom. The van der Waals surface area contributed by atoms with E-state index in [1.807, 2.05) is 24.3 Å². The summed E-state index contributed by atoms with van der Waals surface area (Å²) in [6, 6.07) is 54.8. The number of hydrogen-bond acceptors (Lipinski definition) is 3. The van der Waals surface area contributed by atoms with Crippen molar-refractivity contribution in [1.82, 2.24) is 9.97 Å². The van der Waals surface area contributed by atoms with Gasteiger partial charge >= 0.3 is 0 Å². The Labute approximate surface area is 307 Å². The lowest BCUT2D eigenvalue weighted by atomic mass is 9.59. The molecule has 1 aliphatic carbocycles. The second-order valence-electron chi connectivity index (χ2n) is 15.9. The van der Waals surface area contributed by atoms with E-state index < -0.39 is 0 Å². The number of rotatable bonds is 4. The van der Waals surface area contributed by atoms with E-state index in [0.29, 0.717) is 0 Å². The molecule has 0 fully saturated rings. The first-order valence-electron chi connectivity index (χ1n) is 18.3. The van der Waals surface area contributed by atoms with Gasteiger partial charge in [0.05, 0.1) is 22.8 Å². The summed E-state index contributed by atoms with van der Waals surface area (Å²) in [7, 11) is 0. The van der Waals surface area contributed by atoms with Gasteiger partial charge in [0.15, 0.2) is 5.82 Å². The molecule has 3 nitrogen and oxygen atoms in total. The van der Waals surface area contributed by atoms with Gasteiger partial charge in [0.25, 0.3) is 0 Å². The highest BCUT2D eigenvalue weighted by Gasteiger charge is 2.43. The Bertz CT molecular complexity index is 2380. The van der Waals surface area contributed by atoms with Crippen molar-refractivity contribution in [2.24, 2.45) is 0 Å². The van der Waals surface area contributed by atoms with Crippen molar-refractivity contribution in [3.8, 4) is 33.9 Å². The van der Waals surface area contributed by atoms with Crippen LogP contribution < -0.4 is 4.90 Å². The fraction of sp³-hybridized carbons (Fsp3) is 0.184. The summed E-state index contributed by atoms with van der Waals surface area (Å²) in [6.45, 7) is 14.2. The Morgan fingerprint density at radius 2 is 0.827 bits per heavy atom. The van der Waals surface area contributed by atoms with E-state index in [9.17, 15) is 0 Å². The number of hydrogen-bond donors (Lipinski definition) is 0. The number of aromatic nitrogens is 2. The summed E-state index contributed by atoms with van der Waals surface area (Å²) >= 11 is 0. The van der Waals surface area contributed by atoms with Crippen LogP contribution >= 0.6 is 0 Å². The number of para-hydroxylation sites is 2. The summed E-state index contributed by atoms with van der Waals surface area (Å²) in [4.78, 5) is 12.7. The van der Waals surface area contributed by atoms with Crippen molar-refractivity contribution >= 4 is 17.1 Å². The summed E-state index contributed by atoms with van der Waals surface area (Å²) in [5.74, 6) is 0.733. The summed E-state index contributed by atoms with van der Waals surface area (Å²) < 4.78 is 0. The van der Waals surface area contributed by atoms with E-state index in [2.05, 4.69) is 174 Å². The van der Waals surface area contributed by atoms with Crippen molar-refractivity contribution in [2.75, 3.05) is 4.90 Å². The molecule has 9 rings (SSSR count). The van der Waals surface area contributed by atoms with Crippen molar-refractivity contribution < 1.29 is 0 Å². The number of anilines is 3. The van der Waals surface area contributed by atoms with E-state index >= 15 is 0 Å². The molecule has 7 aromatic rings. The number of fused-ring (bicyclic) bond motifs is 4. The standard InChI is InChI=1S/C49H43N3/c1-47(2)37-28-26-35(52-44-23-15-13-21-38(44)49(5,6)39-22-14-16-24-45(39)52)30-41(37)48(3,4)36-27-25-34(29-40(36)47)43-31-42(32-17-9-7-10-18-32)50-46(51-43)33-19-11-8-12-20-33/h7-31H,1-6H3. The largest absolute Gasteiger partial charge is 0.310 e. The minimum absolute atomic E-state index is 0.0941. The lowest BCUT2D eigenvalue weighted by Gasteiger charge is -2.46. The molecule has 3 heteroatoms. The molecule has 0 saturated heterocycles.